The molecule has 0 aliphatic heterocycles. The SMILES string of the molecule is O=C(O)CCCCCSS(=O)(=O)O. The summed E-state index contributed by atoms with van der Waals surface area (Å²) in [5, 5.41) is 8.26. The first-order valence-electron chi connectivity index (χ1n) is 3.75. The normalized spacial score (nSPS) is 11.5. The van der Waals surface area contributed by atoms with E-state index in [9.17, 15) is 13.2 Å². The van der Waals surface area contributed by atoms with Crippen LogP contribution in [0.4, 0.5) is 0 Å². The van der Waals surface area contributed by atoms with E-state index in [2.05, 4.69) is 0 Å². The van der Waals surface area contributed by atoms with Crippen molar-refractivity contribution in [2.24, 2.45) is 0 Å². The maximum absolute atomic E-state index is 10.2. The van der Waals surface area contributed by atoms with E-state index >= 15 is 0 Å². The Morgan fingerprint density at radius 2 is 1.85 bits per heavy atom. The number of carbonyl (C=O) groups is 1. The molecule has 0 aromatic carbocycles. The second-order valence-electron chi connectivity index (χ2n) is 2.45. The van der Waals surface area contributed by atoms with Crippen LogP contribution in [0.25, 0.3) is 0 Å². The summed E-state index contributed by atoms with van der Waals surface area (Å²) in [6, 6.07) is 0. The maximum atomic E-state index is 10.2. The summed E-state index contributed by atoms with van der Waals surface area (Å²) < 4.78 is 28.7. The number of hydrogen-bond donors (Lipinski definition) is 2. The first-order chi connectivity index (χ1) is 5.92. The molecule has 0 amide bonds. The van der Waals surface area contributed by atoms with Gasteiger partial charge in [0.15, 0.2) is 0 Å². The molecule has 0 aromatic rings. The summed E-state index contributed by atoms with van der Waals surface area (Å²) in [4.78, 5) is 10.1. The number of unbranched alkanes of at least 4 members (excludes halogenated alkanes) is 2. The van der Waals surface area contributed by atoms with E-state index < -0.39 is 15.1 Å². The maximum Gasteiger partial charge on any atom is 0.319 e. The summed E-state index contributed by atoms with van der Waals surface area (Å²) in [7, 11) is -3.45. The Kier molecular flexibility index (Phi) is 6.10. The summed E-state index contributed by atoms with van der Waals surface area (Å²) >= 11 is 0. The zero-order valence-corrected chi connectivity index (χ0v) is 8.60. The number of carboxylic acid groups (broad SMARTS) is 1. The van der Waals surface area contributed by atoms with E-state index in [0.29, 0.717) is 35.8 Å². The fourth-order valence-electron chi connectivity index (χ4n) is 0.719. The lowest BCUT2D eigenvalue weighted by molar-refractivity contribution is -0.137. The number of rotatable bonds is 7. The van der Waals surface area contributed by atoms with Gasteiger partial charge in [0.2, 0.25) is 0 Å². The van der Waals surface area contributed by atoms with Crippen LogP contribution in [-0.4, -0.2) is 29.8 Å². The minimum Gasteiger partial charge on any atom is -0.481 e. The Morgan fingerprint density at radius 1 is 1.23 bits per heavy atom. The third-order valence-corrected chi connectivity index (χ3v) is 3.41. The number of hydrogen-bond acceptors (Lipinski definition) is 4. The van der Waals surface area contributed by atoms with Crippen LogP contribution >= 0.6 is 10.8 Å². The van der Waals surface area contributed by atoms with Crippen molar-refractivity contribution in [1.29, 1.82) is 0 Å². The van der Waals surface area contributed by atoms with Crippen molar-refractivity contribution in [3.05, 3.63) is 0 Å². The van der Waals surface area contributed by atoms with Crippen LogP contribution in [0.3, 0.4) is 0 Å². The Hall–Kier alpha value is -0.270. The van der Waals surface area contributed by atoms with Gasteiger partial charge in [-0.15, -0.1) is 0 Å². The molecule has 2 N–H and O–H groups in total. The molecule has 0 spiro atoms. The van der Waals surface area contributed by atoms with Crippen LogP contribution in [0.2, 0.25) is 0 Å². The topological polar surface area (TPSA) is 91.7 Å². The highest BCUT2D eigenvalue weighted by molar-refractivity contribution is 8.69. The third kappa shape index (κ3) is 11.7. The Bertz CT molecular complexity index is 246. The molecule has 7 heteroatoms. The second-order valence-corrected chi connectivity index (χ2v) is 5.92. The molecule has 0 rings (SSSR count). The van der Waals surface area contributed by atoms with Crippen molar-refractivity contribution in [2.75, 3.05) is 5.75 Å². The second kappa shape index (κ2) is 6.22. The van der Waals surface area contributed by atoms with Gasteiger partial charge in [0.05, 0.1) is 0 Å². The number of carboxylic acids is 1. The van der Waals surface area contributed by atoms with Crippen LogP contribution in [-0.2, 0) is 13.9 Å². The average molecular weight is 228 g/mol. The molecule has 0 atom stereocenters. The fraction of sp³-hybridized carbons (Fsp3) is 0.833. The van der Waals surface area contributed by atoms with Gasteiger partial charge < -0.3 is 5.11 Å². The van der Waals surface area contributed by atoms with E-state index in [0.717, 1.165) is 0 Å². The van der Waals surface area contributed by atoms with E-state index in [1.54, 1.807) is 0 Å². The monoisotopic (exact) mass is 228 g/mol. The standard InChI is InChI=1S/C6H12O5S2/c7-6(8)4-2-1-3-5-12-13(9,10)11/h1-5H2,(H,7,8)(H,9,10,11). The molecule has 0 aromatic heterocycles. The van der Waals surface area contributed by atoms with Gasteiger partial charge in [0, 0.05) is 12.2 Å². The minimum atomic E-state index is -3.93. The highest BCUT2D eigenvalue weighted by Gasteiger charge is 2.04. The molecule has 5 nitrogen and oxygen atoms in total. The molecule has 0 radical (unpaired) electrons. The molecule has 0 bridgehead atoms. The van der Waals surface area contributed by atoms with Gasteiger partial charge in [0.1, 0.15) is 0 Å². The van der Waals surface area contributed by atoms with Crippen molar-refractivity contribution >= 4 is 25.9 Å². The van der Waals surface area contributed by atoms with E-state index in [4.69, 9.17) is 9.66 Å². The van der Waals surface area contributed by atoms with Crippen molar-refractivity contribution in [1.82, 2.24) is 0 Å². The molecular formula is C6H12O5S2. The van der Waals surface area contributed by atoms with Crippen LogP contribution in [0.5, 0.6) is 0 Å². The summed E-state index contributed by atoms with van der Waals surface area (Å²) in [5.74, 6) is -0.541. The average Bonchev–Trinajstić information content (AvgIpc) is 1.93. The van der Waals surface area contributed by atoms with Gasteiger partial charge in [-0.3, -0.25) is 9.35 Å². The molecule has 13 heavy (non-hydrogen) atoms. The molecule has 78 valence electrons. The summed E-state index contributed by atoms with van der Waals surface area (Å²) in [6.45, 7) is 0. The Labute approximate surface area is 80.7 Å². The Balaban J connectivity index is 3.23. The molecule has 0 unspecified atom stereocenters. The van der Waals surface area contributed by atoms with Gasteiger partial charge in [-0.2, -0.15) is 8.42 Å². The highest BCUT2D eigenvalue weighted by atomic mass is 33.1. The van der Waals surface area contributed by atoms with Crippen molar-refractivity contribution < 1.29 is 22.9 Å². The van der Waals surface area contributed by atoms with Crippen molar-refractivity contribution in [3.63, 3.8) is 0 Å². The number of aliphatic carboxylic acids is 1. The molecular weight excluding hydrogens is 216 g/mol. The molecule has 0 aliphatic rings. The van der Waals surface area contributed by atoms with Crippen LogP contribution < -0.4 is 0 Å². The molecule has 0 aliphatic carbocycles. The van der Waals surface area contributed by atoms with Gasteiger partial charge >= 0.3 is 15.1 Å². The third-order valence-electron chi connectivity index (χ3n) is 1.27. The molecule has 0 heterocycles. The quantitative estimate of drug-likeness (QED) is 0.386. The predicted octanol–water partition coefficient (Wildman–Crippen LogP) is 1.17. The molecule has 0 saturated carbocycles. The van der Waals surface area contributed by atoms with Gasteiger partial charge in [-0.05, 0) is 23.6 Å². The van der Waals surface area contributed by atoms with E-state index in [1.165, 1.54) is 0 Å². The van der Waals surface area contributed by atoms with Crippen molar-refractivity contribution in [2.45, 2.75) is 25.7 Å². The highest BCUT2D eigenvalue weighted by Crippen LogP contribution is 2.12. The smallest absolute Gasteiger partial charge is 0.319 e. The first kappa shape index (κ1) is 12.7. The van der Waals surface area contributed by atoms with Gasteiger partial charge in [-0.1, -0.05) is 6.42 Å². The largest absolute Gasteiger partial charge is 0.481 e. The zero-order valence-electron chi connectivity index (χ0n) is 6.97. The zero-order chi connectivity index (χ0) is 10.3. The fourth-order valence-corrected chi connectivity index (χ4v) is 2.24. The van der Waals surface area contributed by atoms with Gasteiger partial charge in [-0.25, -0.2) is 0 Å². The molecule has 0 fully saturated rings. The van der Waals surface area contributed by atoms with Crippen LogP contribution in [0, 0.1) is 0 Å². The van der Waals surface area contributed by atoms with E-state index in [1.807, 2.05) is 0 Å². The lowest BCUT2D eigenvalue weighted by Gasteiger charge is -1.97. The first-order valence-corrected chi connectivity index (χ1v) is 6.70. The Morgan fingerprint density at radius 3 is 2.31 bits per heavy atom. The minimum absolute atomic E-state index is 0.108. The summed E-state index contributed by atoms with van der Waals surface area (Å²) in [5.41, 5.74) is 0. The molecule has 0 saturated heterocycles. The van der Waals surface area contributed by atoms with Crippen molar-refractivity contribution in [3.8, 4) is 0 Å². The summed E-state index contributed by atoms with van der Waals surface area (Å²) in [6.07, 6.45) is 1.91. The predicted molar refractivity (Wildman–Crippen MR) is 50.1 cm³/mol. The lowest BCUT2D eigenvalue weighted by atomic mass is 10.2. The van der Waals surface area contributed by atoms with Gasteiger partial charge in [0.25, 0.3) is 0 Å². The van der Waals surface area contributed by atoms with Crippen LogP contribution in [0.1, 0.15) is 25.7 Å². The van der Waals surface area contributed by atoms with Crippen LogP contribution in [0.15, 0.2) is 0 Å². The van der Waals surface area contributed by atoms with E-state index in [-0.39, 0.29) is 6.42 Å². The lowest BCUT2D eigenvalue weighted by Crippen LogP contribution is -1.95.